The lowest BCUT2D eigenvalue weighted by molar-refractivity contribution is -0.384. The second-order valence-corrected chi connectivity index (χ2v) is 6.55. The van der Waals surface area contributed by atoms with E-state index in [1.165, 1.54) is 18.2 Å². The van der Waals surface area contributed by atoms with E-state index in [0.29, 0.717) is 5.56 Å². The number of benzene rings is 2. The molecule has 7 nitrogen and oxygen atoms in total. The third-order valence-electron chi connectivity index (χ3n) is 3.31. The van der Waals surface area contributed by atoms with Crippen LogP contribution in [0.5, 0.6) is 0 Å². The monoisotopic (exact) mass is 436 g/mol. The predicted molar refractivity (Wildman–Crippen MR) is 99.2 cm³/mol. The maximum atomic E-state index is 12.6. The molecule has 0 aromatic heterocycles. The number of aromatic carboxylic acids is 1. The number of rotatable bonds is 4. The summed E-state index contributed by atoms with van der Waals surface area (Å²) in [5.41, 5.74) is -1.17. The fraction of sp³-hybridized carbons (Fsp3) is 0.0667. The van der Waals surface area contributed by atoms with E-state index in [-0.39, 0.29) is 21.4 Å². The van der Waals surface area contributed by atoms with Crippen molar-refractivity contribution in [3.05, 3.63) is 65.1 Å². The highest BCUT2D eigenvalue weighted by Crippen LogP contribution is 2.42. The van der Waals surface area contributed by atoms with Crippen molar-refractivity contribution < 1.29 is 19.6 Å². The molecule has 0 aliphatic carbocycles. The number of aryl methyl sites for hydroxylation is 1. The fourth-order valence-electron chi connectivity index (χ4n) is 2.13. The molecule has 2 N–H and O–H groups in total. The van der Waals surface area contributed by atoms with Gasteiger partial charge < -0.3 is 10.4 Å². The Kier molecular flexibility index (Phi) is 5.98. The van der Waals surface area contributed by atoms with Crippen LogP contribution in [0.15, 0.2) is 18.2 Å². The van der Waals surface area contributed by atoms with Gasteiger partial charge in [-0.1, -0.05) is 52.5 Å². The van der Waals surface area contributed by atoms with Gasteiger partial charge in [0.25, 0.3) is 11.6 Å². The van der Waals surface area contributed by atoms with E-state index >= 15 is 0 Å². The number of carboxylic acids is 1. The fourth-order valence-corrected chi connectivity index (χ4v) is 3.15. The molecule has 1 amide bonds. The summed E-state index contributed by atoms with van der Waals surface area (Å²) in [6.07, 6.45) is 0. The van der Waals surface area contributed by atoms with Crippen LogP contribution in [0.2, 0.25) is 20.1 Å². The summed E-state index contributed by atoms with van der Waals surface area (Å²) < 4.78 is 0. The summed E-state index contributed by atoms with van der Waals surface area (Å²) in [6.45, 7) is 1.64. The van der Waals surface area contributed by atoms with Gasteiger partial charge in [-0.3, -0.25) is 14.9 Å². The van der Waals surface area contributed by atoms with Gasteiger partial charge in [0.2, 0.25) is 0 Å². The molecule has 2 rings (SSSR count). The minimum atomic E-state index is -1.57. The van der Waals surface area contributed by atoms with Crippen molar-refractivity contribution in [3.8, 4) is 0 Å². The van der Waals surface area contributed by atoms with Crippen molar-refractivity contribution in [2.45, 2.75) is 6.92 Å². The highest BCUT2D eigenvalue weighted by Gasteiger charge is 2.29. The summed E-state index contributed by atoms with van der Waals surface area (Å²) in [5, 5.41) is 21.2. The molecule has 0 heterocycles. The van der Waals surface area contributed by atoms with Gasteiger partial charge in [0.05, 0.1) is 36.1 Å². The molecule has 0 fully saturated rings. The molecule has 2 aromatic rings. The van der Waals surface area contributed by atoms with Gasteiger partial charge in [-0.25, -0.2) is 4.79 Å². The highest BCUT2D eigenvalue weighted by atomic mass is 35.5. The number of hydrogen-bond acceptors (Lipinski definition) is 4. The predicted octanol–water partition coefficient (Wildman–Crippen LogP) is 5.47. The summed E-state index contributed by atoms with van der Waals surface area (Å²) >= 11 is 23.6. The molecule has 0 saturated heterocycles. The second-order valence-electron chi connectivity index (χ2n) is 5.04. The molecule has 26 heavy (non-hydrogen) atoms. The molecule has 0 aliphatic heterocycles. The molecule has 0 unspecified atom stereocenters. The SMILES string of the molecule is Cc1ccc(NC(=O)c2c(Cl)c(Cl)c(Cl)c(Cl)c2C(=O)O)c([N+](=O)[O-])c1. The molecule has 0 spiro atoms. The van der Waals surface area contributed by atoms with E-state index in [1.807, 2.05) is 0 Å². The summed E-state index contributed by atoms with van der Waals surface area (Å²) in [6, 6.07) is 4.08. The van der Waals surface area contributed by atoms with Gasteiger partial charge in [-0.15, -0.1) is 0 Å². The second kappa shape index (κ2) is 7.67. The van der Waals surface area contributed by atoms with Crippen molar-refractivity contribution in [1.29, 1.82) is 0 Å². The standard InChI is InChI=1S/C15H8Cl4N2O5/c1-5-2-3-6(7(4-5)21(25)26)20-14(22)8-9(15(23)24)11(17)13(19)12(18)10(8)16/h2-4H,1H3,(H,20,22)(H,23,24). The number of nitro groups is 1. The summed E-state index contributed by atoms with van der Waals surface area (Å²) in [5.74, 6) is -2.61. The van der Waals surface area contributed by atoms with Gasteiger partial charge >= 0.3 is 5.97 Å². The number of hydrogen-bond donors (Lipinski definition) is 2. The first-order valence-electron chi connectivity index (χ1n) is 6.71. The molecule has 0 aliphatic rings. The largest absolute Gasteiger partial charge is 0.478 e. The van der Waals surface area contributed by atoms with E-state index < -0.39 is 38.0 Å². The lowest BCUT2D eigenvalue weighted by atomic mass is 10.1. The Morgan fingerprint density at radius 3 is 2.08 bits per heavy atom. The average Bonchev–Trinajstić information content (AvgIpc) is 2.56. The smallest absolute Gasteiger partial charge is 0.338 e. The van der Waals surface area contributed by atoms with E-state index in [4.69, 9.17) is 46.4 Å². The topological polar surface area (TPSA) is 110 Å². The van der Waals surface area contributed by atoms with E-state index in [0.717, 1.165) is 0 Å². The Labute approximate surface area is 166 Å². The Morgan fingerprint density at radius 1 is 1.04 bits per heavy atom. The Hall–Kier alpha value is -2.06. The summed E-state index contributed by atoms with van der Waals surface area (Å²) in [7, 11) is 0. The van der Waals surface area contributed by atoms with Crippen LogP contribution < -0.4 is 5.32 Å². The van der Waals surface area contributed by atoms with Gasteiger partial charge in [-0.2, -0.15) is 0 Å². The van der Waals surface area contributed by atoms with E-state index in [2.05, 4.69) is 5.32 Å². The first kappa shape index (κ1) is 20.3. The number of nitro benzene ring substituents is 1. The number of nitrogens with zero attached hydrogens (tertiary/aromatic N) is 1. The van der Waals surface area contributed by atoms with Crippen LogP contribution in [0.3, 0.4) is 0 Å². The molecule has 2 aromatic carbocycles. The number of carbonyl (C=O) groups excluding carboxylic acids is 1. The van der Waals surface area contributed by atoms with Crippen molar-refractivity contribution in [1.82, 2.24) is 0 Å². The minimum Gasteiger partial charge on any atom is -0.478 e. The molecule has 0 atom stereocenters. The molecular weight excluding hydrogens is 430 g/mol. The molecule has 11 heteroatoms. The van der Waals surface area contributed by atoms with Crippen LogP contribution in [-0.2, 0) is 0 Å². The van der Waals surface area contributed by atoms with Crippen LogP contribution in [-0.4, -0.2) is 21.9 Å². The van der Waals surface area contributed by atoms with E-state index in [9.17, 15) is 24.8 Å². The van der Waals surface area contributed by atoms with E-state index in [1.54, 1.807) is 6.92 Å². The lowest BCUT2D eigenvalue weighted by Gasteiger charge is -2.14. The number of carbonyl (C=O) groups is 2. The average molecular weight is 438 g/mol. The zero-order chi connectivity index (χ0) is 19.8. The van der Waals surface area contributed by atoms with Crippen molar-refractivity contribution in [2.75, 3.05) is 5.32 Å². The van der Waals surface area contributed by atoms with Crippen molar-refractivity contribution in [3.63, 3.8) is 0 Å². The molecular formula is C15H8Cl4N2O5. The quantitative estimate of drug-likeness (QED) is 0.285. The van der Waals surface area contributed by atoms with Gasteiger partial charge in [0.15, 0.2) is 0 Å². The first-order chi connectivity index (χ1) is 12.1. The normalized spacial score (nSPS) is 10.5. The summed E-state index contributed by atoms with van der Waals surface area (Å²) in [4.78, 5) is 34.6. The first-order valence-corrected chi connectivity index (χ1v) is 8.23. The number of anilines is 1. The van der Waals surface area contributed by atoms with Gasteiger partial charge in [-0.05, 0) is 18.6 Å². The zero-order valence-corrected chi connectivity index (χ0v) is 15.8. The van der Waals surface area contributed by atoms with Crippen molar-refractivity contribution in [2.24, 2.45) is 0 Å². The third-order valence-corrected chi connectivity index (χ3v) is 5.11. The number of amides is 1. The Bertz CT molecular complexity index is 962. The zero-order valence-electron chi connectivity index (χ0n) is 12.8. The van der Waals surface area contributed by atoms with Crippen LogP contribution in [0, 0.1) is 17.0 Å². The number of nitrogens with one attached hydrogen (secondary N) is 1. The van der Waals surface area contributed by atoms with Crippen molar-refractivity contribution >= 4 is 69.7 Å². The Morgan fingerprint density at radius 2 is 1.58 bits per heavy atom. The highest BCUT2D eigenvalue weighted by molar-refractivity contribution is 6.54. The maximum Gasteiger partial charge on any atom is 0.338 e. The number of carboxylic acid groups (broad SMARTS) is 1. The third kappa shape index (κ3) is 3.71. The van der Waals surface area contributed by atoms with Crippen LogP contribution in [0.25, 0.3) is 0 Å². The lowest BCUT2D eigenvalue weighted by Crippen LogP contribution is -2.19. The molecule has 136 valence electrons. The van der Waals surface area contributed by atoms with Crippen LogP contribution in [0.4, 0.5) is 11.4 Å². The van der Waals surface area contributed by atoms with Crippen LogP contribution >= 0.6 is 46.4 Å². The molecule has 0 saturated carbocycles. The van der Waals surface area contributed by atoms with Crippen LogP contribution in [0.1, 0.15) is 26.3 Å². The van der Waals surface area contributed by atoms with Gasteiger partial charge in [0, 0.05) is 6.07 Å². The molecule has 0 radical (unpaired) electrons. The Balaban J connectivity index is 2.62. The van der Waals surface area contributed by atoms with Gasteiger partial charge in [0.1, 0.15) is 5.69 Å². The number of halogens is 4. The maximum absolute atomic E-state index is 12.6. The molecule has 0 bridgehead atoms. The minimum absolute atomic E-state index is 0.153.